The van der Waals surface area contributed by atoms with Crippen molar-refractivity contribution < 1.29 is 8.42 Å². The lowest BCUT2D eigenvalue weighted by atomic mass is 10.0. The molecule has 0 radical (unpaired) electrons. The molecule has 3 N–H and O–H groups in total. The quantitative estimate of drug-likeness (QED) is 0.817. The van der Waals surface area contributed by atoms with Crippen LogP contribution in [0.1, 0.15) is 38.2 Å². The van der Waals surface area contributed by atoms with Crippen molar-refractivity contribution in [1.29, 1.82) is 0 Å². The third-order valence-electron chi connectivity index (χ3n) is 3.88. The largest absolute Gasteiger partial charge is 0.389 e. The van der Waals surface area contributed by atoms with E-state index in [2.05, 4.69) is 4.72 Å². The molecule has 2 rings (SSSR count). The summed E-state index contributed by atoms with van der Waals surface area (Å²) >= 11 is 4.88. The van der Waals surface area contributed by atoms with E-state index >= 15 is 0 Å². The second-order valence-electron chi connectivity index (χ2n) is 5.35. The van der Waals surface area contributed by atoms with Gasteiger partial charge in [0.1, 0.15) is 4.99 Å². The molecule has 110 valence electrons. The minimum absolute atomic E-state index is 0.0454. The molecule has 1 aromatic carbocycles. The Balaban J connectivity index is 2.17. The summed E-state index contributed by atoms with van der Waals surface area (Å²) in [6.07, 6.45) is 4.56. The van der Waals surface area contributed by atoms with Crippen LogP contribution in [0.5, 0.6) is 0 Å². The SMILES string of the molecule is CC(NS(=O)(=O)c1cccc(C(N)=S)c1)C1CCCC1. The third-order valence-corrected chi connectivity index (χ3v) is 5.67. The van der Waals surface area contributed by atoms with Crippen molar-refractivity contribution in [2.24, 2.45) is 11.7 Å². The average Bonchev–Trinajstić information content (AvgIpc) is 2.92. The predicted octanol–water partition coefficient (Wildman–Crippen LogP) is 2.18. The van der Waals surface area contributed by atoms with Gasteiger partial charge in [0.25, 0.3) is 0 Å². The van der Waals surface area contributed by atoms with Gasteiger partial charge in [-0.1, -0.05) is 37.2 Å². The Kier molecular flexibility index (Phi) is 4.78. The van der Waals surface area contributed by atoms with Crippen molar-refractivity contribution in [1.82, 2.24) is 4.72 Å². The summed E-state index contributed by atoms with van der Waals surface area (Å²) in [6.45, 7) is 1.94. The Bertz CT molecular complexity index is 593. The zero-order valence-corrected chi connectivity index (χ0v) is 13.1. The van der Waals surface area contributed by atoms with Crippen LogP contribution in [0.2, 0.25) is 0 Å². The first kappa shape index (κ1) is 15.4. The minimum Gasteiger partial charge on any atom is -0.389 e. The van der Waals surface area contributed by atoms with Gasteiger partial charge in [-0.15, -0.1) is 0 Å². The lowest BCUT2D eigenvalue weighted by Crippen LogP contribution is -2.37. The van der Waals surface area contributed by atoms with E-state index in [9.17, 15) is 8.42 Å². The fourth-order valence-electron chi connectivity index (χ4n) is 2.68. The minimum atomic E-state index is -3.52. The fourth-order valence-corrected chi connectivity index (χ4v) is 4.17. The van der Waals surface area contributed by atoms with Gasteiger partial charge in [0, 0.05) is 11.6 Å². The smallest absolute Gasteiger partial charge is 0.240 e. The van der Waals surface area contributed by atoms with E-state index in [1.54, 1.807) is 18.2 Å². The molecule has 1 aliphatic carbocycles. The van der Waals surface area contributed by atoms with Gasteiger partial charge in [-0.2, -0.15) is 0 Å². The van der Waals surface area contributed by atoms with Gasteiger partial charge in [0.2, 0.25) is 10.0 Å². The molecule has 0 amide bonds. The summed E-state index contributed by atoms with van der Waals surface area (Å²) in [7, 11) is -3.52. The molecule has 1 fully saturated rings. The maximum Gasteiger partial charge on any atom is 0.240 e. The van der Waals surface area contributed by atoms with Crippen molar-refractivity contribution in [3.8, 4) is 0 Å². The fraction of sp³-hybridized carbons (Fsp3) is 0.500. The zero-order chi connectivity index (χ0) is 14.8. The standard InChI is InChI=1S/C14H20N2O2S2/c1-10(11-5-2-3-6-11)16-20(17,18)13-8-4-7-12(9-13)14(15)19/h4,7-11,16H,2-3,5-6H2,1H3,(H2,15,19). The number of hydrogen-bond donors (Lipinski definition) is 2. The third kappa shape index (κ3) is 3.56. The second-order valence-corrected chi connectivity index (χ2v) is 7.50. The molecule has 6 heteroatoms. The second kappa shape index (κ2) is 6.20. The molecular formula is C14H20N2O2S2. The van der Waals surface area contributed by atoms with E-state index in [-0.39, 0.29) is 15.9 Å². The van der Waals surface area contributed by atoms with E-state index in [0.29, 0.717) is 11.5 Å². The number of thiocarbonyl (C=S) groups is 1. The Hall–Kier alpha value is -0.980. The van der Waals surface area contributed by atoms with Crippen molar-refractivity contribution in [2.75, 3.05) is 0 Å². The van der Waals surface area contributed by atoms with E-state index in [1.165, 1.54) is 18.9 Å². The Morgan fingerprint density at radius 3 is 2.65 bits per heavy atom. The number of nitrogens with two attached hydrogens (primary N) is 1. The summed E-state index contributed by atoms with van der Waals surface area (Å²) in [4.78, 5) is 0.415. The highest BCUT2D eigenvalue weighted by Gasteiger charge is 2.26. The molecular weight excluding hydrogens is 292 g/mol. The van der Waals surface area contributed by atoms with Crippen LogP contribution in [0.4, 0.5) is 0 Å². The molecule has 20 heavy (non-hydrogen) atoms. The first-order valence-corrected chi connectivity index (χ1v) is 8.71. The molecule has 1 aromatic rings. The molecule has 1 atom stereocenters. The van der Waals surface area contributed by atoms with Gasteiger partial charge < -0.3 is 5.73 Å². The van der Waals surface area contributed by atoms with E-state index in [0.717, 1.165) is 12.8 Å². The van der Waals surface area contributed by atoms with Crippen LogP contribution in [0.3, 0.4) is 0 Å². The van der Waals surface area contributed by atoms with Crippen LogP contribution in [0.25, 0.3) is 0 Å². The number of benzene rings is 1. The van der Waals surface area contributed by atoms with Crippen molar-refractivity contribution in [2.45, 2.75) is 43.5 Å². The van der Waals surface area contributed by atoms with Gasteiger partial charge in [-0.05, 0) is 37.8 Å². The molecule has 1 saturated carbocycles. The number of sulfonamides is 1. The van der Waals surface area contributed by atoms with Gasteiger partial charge in [-0.3, -0.25) is 0 Å². The van der Waals surface area contributed by atoms with Crippen LogP contribution >= 0.6 is 12.2 Å². The maximum absolute atomic E-state index is 12.4. The highest BCUT2D eigenvalue weighted by atomic mass is 32.2. The Morgan fingerprint density at radius 2 is 2.05 bits per heavy atom. The molecule has 0 aliphatic heterocycles. The number of rotatable bonds is 5. The van der Waals surface area contributed by atoms with Crippen LogP contribution in [-0.4, -0.2) is 19.4 Å². The lowest BCUT2D eigenvalue weighted by molar-refractivity contribution is 0.424. The topological polar surface area (TPSA) is 72.2 Å². The van der Waals surface area contributed by atoms with Gasteiger partial charge in [-0.25, -0.2) is 13.1 Å². The summed E-state index contributed by atoms with van der Waals surface area (Å²) in [5.41, 5.74) is 6.11. The van der Waals surface area contributed by atoms with E-state index in [4.69, 9.17) is 18.0 Å². The summed E-state index contributed by atoms with van der Waals surface area (Å²) in [6, 6.07) is 6.40. The molecule has 1 unspecified atom stereocenters. The van der Waals surface area contributed by atoms with E-state index < -0.39 is 10.0 Å². The summed E-state index contributed by atoms with van der Waals surface area (Å²) < 4.78 is 27.5. The molecule has 0 heterocycles. The molecule has 4 nitrogen and oxygen atoms in total. The van der Waals surface area contributed by atoms with Crippen molar-refractivity contribution in [3.05, 3.63) is 29.8 Å². The summed E-state index contributed by atoms with van der Waals surface area (Å²) in [5, 5.41) is 0. The normalized spacial score (nSPS) is 18.1. The average molecular weight is 312 g/mol. The maximum atomic E-state index is 12.4. The Morgan fingerprint density at radius 1 is 1.40 bits per heavy atom. The highest BCUT2D eigenvalue weighted by Crippen LogP contribution is 2.28. The number of hydrogen-bond acceptors (Lipinski definition) is 3. The van der Waals surface area contributed by atoms with Crippen LogP contribution in [-0.2, 0) is 10.0 Å². The first-order chi connectivity index (χ1) is 9.40. The molecule has 1 aliphatic rings. The van der Waals surface area contributed by atoms with Crippen molar-refractivity contribution >= 4 is 27.2 Å². The molecule has 0 bridgehead atoms. The van der Waals surface area contributed by atoms with Crippen molar-refractivity contribution in [3.63, 3.8) is 0 Å². The van der Waals surface area contributed by atoms with Gasteiger partial charge in [0.05, 0.1) is 4.90 Å². The van der Waals surface area contributed by atoms with Gasteiger partial charge in [0.15, 0.2) is 0 Å². The lowest BCUT2D eigenvalue weighted by Gasteiger charge is -2.20. The molecule has 0 spiro atoms. The monoisotopic (exact) mass is 312 g/mol. The highest BCUT2D eigenvalue weighted by molar-refractivity contribution is 7.89. The molecule has 0 saturated heterocycles. The zero-order valence-electron chi connectivity index (χ0n) is 11.5. The Labute approximate surface area is 125 Å². The van der Waals surface area contributed by atoms with Gasteiger partial charge >= 0.3 is 0 Å². The molecule has 0 aromatic heterocycles. The predicted molar refractivity (Wildman–Crippen MR) is 84.1 cm³/mol. The first-order valence-electron chi connectivity index (χ1n) is 6.82. The van der Waals surface area contributed by atoms with Crippen LogP contribution < -0.4 is 10.5 Å². The van der Waals surface area contributed by atoms with Crippen LogP contribution in [0, 0.1) is 5.92 Å². The van der Waals surface area contributed by atoms with E-state index in [1.807, 2.05) is 6.92 Å². The summed E-state index contributed by atoms with van der Waals surface area (Å²) in [5.74, 6) is 0.434. The van der Waals surface area contributed by atoms with Crippen LogP contribution in [0.15, 0.2) is 29.2 Å². The number of nitrogens with one attached hydrogen (secondary N) is 1.